The molecule has 0 radical (unpaired) electrons. The fourth-order valence-electron chi connectivity index (χ4n) is 2.21. The van der Waals surface area contributed by atoms with Crippen molar-refractivity contribution >= 4 is 11.6 Å². The molecule has 3 rings (SSSR count). The smallest absolute Gasteiger partial charge is 0.213 e. The van der Waals surface area contributed by atoms with Crippen molar-refractivity contribution in [1.29, 1.82) is 0 Å². The van der Waals surface area contributed by atoms with Gasteiger partial charge in [0.2, 0.25) is 5.88 Å². The van der Waals surface area contributed by atoms with Crippen molar-refractivity contribution in [3.63, 3.8) is 0 Å². The van der Waals surface area contributed by atoms with E-state index in [1.165, 1.54) is 0 Å². The van der Waals surface area contributed by atoms with Crippen LogP contribution in [0.5, 0.6) is 11.6 Å². The second-order valence-corrected chi connectivity index (χ2v) is 5.43. The molecule has 1 aromatic carbocycles. The van der Waals surface area contributed by atoms with Gasteiger partial charge in [0.15, 0.2) is 0 Å². The van der Waals surface area contributed by atoms with Crippen LogP contribution in [0.15, 0.2) is 48.8 Å². The van der Waals surface area contributed by atoms with Gasteiger partial charge >= 0.3 is 0 Å². The van der Waals surface area contributed by atoms with Crippen LogP contribution in [0.2, 0.25) is 5.02 Å². The van der Waals surface area contributed by atoms with Gasteiger partial charge in [0.25, 0.3) is 0 Å². The molecule has 6 heteroatoms. The molecule has 0 fully saturated rings. The van der Waals surface area contributed by atoms with Gasteiger partial charge in [-0.2, -0.15) is 5.10 Å². The molecule has 118 valence electrons. The lowest BCUT2D eigenvalue weighted by Gasteiger charge is -2.10. The van der Waals surface area contributed by atoms with Crippen molar-refractivity contribution in [3.8, 4) is 22.8 Å². The Kier molecular flexibility index (Phi) is 4.48. The van der Waals surface area contributed by atoms with E-state index in [0.717, 1.165) is 16.8 Å². The second-order valence-electron chi connectivity index (χ2n) is 5.00. The number of rotatable bonds is 5. The Bertz CT molecular complexity index is 817. The summed E-state index contributed by atoms with van der Waals surface area (Å²) in [5, 5.41) is 4.73. The van der Waals surface area contributed by atoms with Crippen molar-refractivity contribution < 1.29 is 9.47 Å². The highest BCUT2D eigenvalue weighted by molar-refractivity contribution is 6.31. The van der Waals surface area contributed by atoms with Gasteiger partial charge < -0.3 is 9.47 Å². The zero-order chi connectivity index (χ0) is 16.2. The number of ether oxygens (including phenoxy) is 2. The third kappa shape index (κ3) is 3.63. The number of methoxy groups -OCH3 is 1. The summed E-state index contributed by atoms with van der Waals surface area (Å²) in [6.45, 7) is 0.427. The van der Waals surface area contributed by atoms with Crippen LogP contribution in [0, 0.1) is 0 Å². The minimum absolute atomic E-state index is 0.427. The number of aromatic nitrogens is 3. The molecule has 23 heavy (non-hydrogen) atoms. The van der Waals surface area contributed by atoms with Gasteiger partial charge in [-0.3, -0.25) is 4.68 Å². The molecule has 0 aliphatic heterocycles. The highest BCUT2D eigenvalue weighted by Gasteiger charge is 2.06. The van der Waals surface area contributed by atoms with Crippen LogP contribution in [0.4, 0.5) is 0 Å². The molecule has 0 amide bonds. The monoisotopic (exact) mass is 329 g/mol. The van der Waals surface area contributed by atoms with Gasteiger partial charge in [-0.15, -0.1) is 0 Å². The molecule has 0 saturated heterocycles. The van der Waals surface area contributed by atoms with Crippen molar-refractivity contribution in [3.05, 3.63) is 59.5 Å². The Labute approximate surface area is 139 Å². The third-order valence-corrected chi connectivity index (χ3v) is 3.68. The van der Waals surface area contributed by atoms with Gasteiger partial charge in [-0.05, 0) is 41.5 Å². The first kappa shape index (κ1) is 15.4. The predicted octanol–water partition coefficient (Wildman–Crippen LogP) is 3.72. The molecular formula is C17H16ClN3O2. The summed E-state index contributed by atoms with van der Waals surface area (Å²) < 4.78 is 12.8. The predicted molar refractivity (Wildman–Crippen MR) is 88.8 cm³/mol. The average molecular weight is 330 g/mol. The SMILES string of the molecule is COc1cc(-c2cc(Cl)cc(OCc3ccnn3C)c2)ccn1. The Balaban J connectivity index is 1.85. The number of benzene rings is 1. The third-order valence-electron chi connectivity index (χ3n) is 3.46. The van der Waals surface area contributed by atoms with Crippen molar-refractivity contribution in [1.82, 2.24) is 14.8 Å². The maximum absolute atomic E-state index is 6.22. The molecule has 5 nitrogen and oxygen atoms in total. The Morgan fingerprint density at radius 3 is 2.70 bits per heavy atom. The van der Waals surface area contributed by atoms with E-state index in [2.05, 4.69) is 10.1 Å². The largest absolute Gasteiger partial charge is 0.487 e. The summed E-state index contributed by atoms with van der Waals surface area (Å²) in [4.78, 5) is 4.11. The maximum Gasteiger partial charge on any atom is 0.213 e. The van der Waals surface area contributed by atoms with E-state index in [-0.39, 0.29) is 0 Å². The summed E-state index contributed by atoms with van der Waals surface area (Å²) in [6.07, 6.45) is 3.44. The molecule has 0 aliphatic carbocycles. The van der Waals surface area contributed by atoms with E-state index < -0.39 is 0 Å². The normalized spacial score (nSPS) is 10.6. The molecule has 0 N–H and O–H groups in total. The van der Waals surface area contributed by atoms with Crippen LogP contribution in [0.1, 0.15) is 5.69 Å². The summed E-state index contributed by atoms with van der Waals surface area (Å²) in [5.41, 5.74) is 2.89. The molecule has 0 bridgehead atoms. The molecule has 0 unspecified atom stereocenters. The minimum Gasteiger partial charge on any atom is -0.487 e. The number of hydrogen-bond donors (Lipinski definition) is 0. The molecule has 3 aromatic rings. The van der Waals surface area contributed by atoms with Gasteiger partial charge in [0, 0.05) is 30.5 Å². The standard InChI is InChI=1S/C17H16ClN3O2/c1-21-15(4-6-20-21)11-23-16-8-13(7-14(18)10-16)12-3-5-19-17(9-12)22-2/h3-10H,11H2,1-2H3. The van der Waals surface area contributed by atoms with Crippen molar-refractivity contribution in [2.45, 2.75) is 6.61 Å². The number of nitrogens with zero attached hydrogens (tertiary/aromatic N) is 3. The van der Waals surface area contributed by atoms with E-state index >= 15 is 0 Å². The van der Waals surface area contributed by atoms with Gasteiger partial charge in [0.1, 0.15) is 12.4 Å². The molecule has 2 aromatic heterocycles. The van der Waals surface area contributed by atoms with E-state index in [9.17, 15) is 0 Å². The van der Waals surface area contributed by atoms with Gasteiger partial charge in [0.05, 0.1) is 12.8 Å². The number of halogens is 1. The summed E-state index contributed by atoms with van der Waals surface area (Å²) in [7, 11) is 3.47. The Morgan fingerprint density at radius 2 is 1.96 bits per heavy atom. The quantitative estimate of drug-likeness (QED) is 0.715. The first-order valence-corrected chi connectivity index (χ1v) is 7.44. The maximum atomic E-state index is 6.22. The van der Waals surface area contributed by atoms with Gasteiger partial charge in [-0.25, -0.2) is 4.98 Å². The Hall–Kier alpha value is -2.53. The van der Waals surface area contributed by atoms with Crippen LogP contribution in [0.3, 0.4) is 0 Å². The van der Waals surface area contributed by atoms with Crippen LogP contribution in [-0.2, 0) is 13.7 Å². The fourth-order valence-corrected chi connectivity index (χ4v) is 2.44. The minimum atomic E-state index is 0.427. The van der Waals surface area contributed by atoms with E-state index in [1.807, 2.05) is 37.4 Å². The van der Waals surface area contributed by atoms with Crippen LogP contribution < -0.4 is 9.47 Å². The highest BCUT2D eigenvalue weighted by Crippen LogP contribution is 2.30. The topological polar surface area (TPSA) is 49.2 Å². The van der Waals surface area contributed by atoms with Crippen molar-refractivity contribution in [2.75, 3.05) is 7.11 Å². The zero-order valence-corrected chi connectivity index (χ0v) is 13.6. The summed E-state index contributed by atoms with van der Waals surface area (Å²) in [5.74, 6) is 1.25. The summed E-state index contributed by atoms with van der Waals surface area (Å²) >= 11 is 6.22. The average Bonchev–Trinajstić information content (AvgIpc) is 2.97. The van der Waals surface area contributed by atoms with E-state index in [0.29, 0.717) is 23.3 Å². The molecule has 0 saturated carbocycles. The highest BCUT2D eigenvalue weighted by atomic mass is 35.5. The molecule has 2 heterocycles. The molecule has 0 spiro atoms. The fraction of sp³-hybridized carbons (Fsp3) is 0.176. The van der Waals surface area contributed by atoms with Crippen LogP contribution in [-0.4, -0.2) is 21.9 Å². The van der Waals surface area contributed by atoms with Crippen molar-refractivity contribution in [2.24, 2.45) is 7.05 Å². The molecule has 0 atom stereocenters. The number of pyridine rings is 1. The van der Waals surface area contributed by atoms with Crippen LogP contribution in [0.25, 0.3) is 11.1 Å². The first-order valence-electron chi connectivity index (χ1n) is 7.06. The molecule has 0 aliphatic rings. The zero-order valence-electron chi connectivity index (χ0n) is 12.9. The second kappa shape index (κ2) is 6.71. The van der Waals surface area contributed by atoms with E-state index in [4.69, 9.17) is 21.1 Å². The lowest BCUT2D eigenvalue weighted by atomic mass is 10.1. The Morgan fingerprint density at radius 1 is 1.09 bits per heavy atom. The molecular weight excluding hydrogens is 314 g/mol. The van der Waals surface area contributed by atoms with Gasteiger partial charge in [-0.1, -0.05) is 11.6 Å². The number of hydrogen-bond acceptors (Lipinski definition) is 4. The lowest BCUT2D eigenvalue weighted by Crippen LogP contribution is -2.03. The first-order chi connectivity index (χ1) is 11.2. The summed E-state index contributed by atoms with van der Waals surface area (Å²) in [6, 6.07) is 11.3. The number of aryl methyl sites for hydroxylation is 1. The van der Waals surface area contributed by atoms with E-state index in [1.54, 1.807) is 30.3 Å². The lowest BCUT2D eigenvalue weighted by molar-refractivity contribution is 0.295. The van der Waals surface area contributed by atoms with Crippen LogP contribution >= 0.6 is 11.6 Å².